The number of rotatable bonds is 5. The Hall–Kier alpha value is -2.16. The molecular formula is C17H15NO4S3. The van der Waals surface area contributed by atoms with Gasteiger partial charge in [-0.05, 0) is 43.3 Å². The lowest BCUT2D eigenvalue weighted by Gasteiger charge is -2.22. The number of aryl methyl sites for hydroxylation is 1. The van der Waals surface area contributed by atoms with Gasteiger partial charge in [-0.2, -0.15) is 16.8 Å². The summed E-state index contributed by atoms with van der Waals surface area (Å²) in [5, 5.41) is 0.130. The van der Waals surface area contributed by atoms with Crippen LogP contribution in [0.5, 0.6) is 0 Å². The number of thiophene rings is 1. The number of benzene rings is 2. The summed E-state index contributed by atoms with van der Waals surface area (Å²) < 4.78 is 53.0. The highest BCUT2D eigenvalue weighted by atomic mass is 32.3. The van der Waals surface area contributed by atoms with E-state index in [9.17, 15) is 16.8 Å². The summed E-state index contributed by atoms with van der Waals surface area (Å²) in [4.78, 5) is 0.646. The molecule has 8 heteroatoms. The Morgan fingerprint density at radius 1 is 0.680 bits per heavy atom. The molecule has 0 radical (unpaired) electrons. The minimum absolute atomic E-state index is 0.0828. The lowest BCUT2D eigenvalue weighted by molar-refractivity contribution is 0.584. The smallest absolute Gasteiger partial charge is 0.200 e. The summed E-state index contributed by atoms with van der Waals surface area (Å²) in [6, 6.07) is 18.3. The summed E-state index contributed by atoms with van der Waals surface area (Å²) in [7, 11) is -8.58. The molecule has 1 aromatic heterocycles. The van der Waals surface area contributed by atoms with Gasteiger partial charge >= 0.3 is 0 Å². The van der Waals surface area contributed by atoms with Crippen LogP contribution in [0.15, 0.2) is 82.6 Å². The zero-order chi connectivity index (χ0) is 18.1. The molecule has 0 spiro atoms. The molecule has 25 heavy (non-hydrogen) atoms. The maximum absolute atomic E-state index is 13.1. The molecule has 2 aromatic carbocycles. The van der Waals surface area contributed by atoms with Crippen LogP contribution in [0.2, 0.25) is 0 Å². The Balaban J connectivity index is 2.25. The van der Waals surface area contributed by atoms with Gasteiger partial charge in [0.2, 0.25) is 0 Å². The first-order valence-electron chi connectivity index (χ1n) is 7.30. The Kier molecular flexibility index (Phi) is 4.68. The molecule has 0 aliphatic carbocycles. The van der Waals surface area contributed by atoms with Crippen molar-refractivity contribution in [3.63, 3.8) is 0 Å². The van der Waals surface area contributed by atoms with Crippen molar-refractivity contribution in [3.8, 4) is 0 Å². The van der Waals surface area contributed by atoms with Crippen LogP contribution in [0.3, 0.4) is 0 Å². The Bertz CT molecular complexity index is 1000. The zero-order valence-corrected chi connectivity index (χ0v) is 15.7. The number of nitrogens with zero attached hydrogens (tertiary/aromatic N) is 1. The third-order valence-electron chi connectivity index (χ3n) is 3.42. The maximum atomic E-state index is 13.1. The quantitative estimate of drug-likeness (QED) is 0.663. The first-order valence-corrected chi connectivity index (χ1v) is 11.0. The van der Waals surface area contributed by atoms with Crippen LogP contribution in [0, 0.1) is 6.92 Å². The molecule has 0 aliphatic heterocycles. The fourth-order valence-electron chi connectivity index (χ4n) is 2.26. The summed E-state index contributed by atoms with van der Waals surface area (Å²) >= 11 is 1.11. The van der Waals surface area contributed by atoms with Crippen molar-refractivity contribution in [2.45, 2.75) is 16.7 Å². The Morgan fingerprint density at radius 3 is 1.48 bits per heavy atom. The number of hydrogen-bond donors (Lipinski definition) is 0. The largest absolute Gasteiger partial charge is 0.278 e. The van der Waals surface area contributed by atoms with Crippen molar-refractivity contribution in [2.24, 2.45) is 0 Å². The highest BCUT2D eigenvalue weighted by molar-refractivity contribution is 8.10. The predicted molar refractivity (Wildman–Crippen MR) is 98.8 cm³/mol. The molecule has 3 rings (SSSR count). The Labute approximate surface area is 151 Å². The van der Waals surface area contributed by atoms with Gasteiger partial charge in [-0.1, -0.05) is 36.4 Å². The monoisotopic (exact) mass is 393 g/mol. The first-order chi connectivity index (χ1) is 11.8. The minimum Gasteiger partial charge on any atom is -0.200 e. The van der Waals surface area contributed by atoms with Crippen molar-refractivity contribution >= 4 is 36.4 Å². The molecule has 0 saturated carbocycles. The number of sulfonamides is 2. The molecule has 0 unspecified atom stereocenters. The number of anilines is 1. The van der Waals surface area contributed by atoms with E-state index in [-0.39, 0.29) is 14.8 Å². The molecule has 0 atom stereocenters. The summed E-state index contributed by atoms with van der Waals surface area (Å²) in [5.41, 5.74) is 0. The maximum Gasteiger partial charge on any atom is 0.278 e. The summed E-state index contributed by atoms with van der Waals surface area (Å²) in [5.74, 6) is 0. The van der Waals surface area contributed by atoms with E-state index in [1.165, 1.54) is 30.3 Å². The van der Waals surface area contributed by atoms with Gasteiger partial charge in [0.1, 0.15) is 5.00 Å². The van der Waals surface area contributed by atoms with Gasteiger partial charge < -0.3 is 0 Å². The summed E-state index contributed by atoms with van der Waals surface area (Å²) in [6.45, 7) is 1.79. The average Bonchev–Trinajstić information content (AvgIpc) is 3.01. The van der Waals surface area contributed by atoms with Crippen LogP contribution in [0.4, 0.5) is 5.00 Å². The zero-order valence-electron chi connectivity index (χ0n) is 13.2. The van der Waals surface area contributed by atoms with E-state index < -0.39 is 20.0 Å². The topological polar surface area (TPSA) is 71.5 Å². The van der Waals surface area contributed by atoms with E-state index in [4.69, 9.17) is 0 Å². The third kappa shape index (κ3) is 3.33. The van der Waals surface area contributed by atoms with E-state index in [0.717, 1.165) is 16.2 Å². The second-order valence-corrected chi connectivity index (χ2v) is 10.3. The lowest BCUT2D eigenvalue weighted by atomic mass is 10.4. The molecule has 3 aromatic rings. The summed E-state index contributed by atoms with van der Waals surface area (Å²) in [6.07, 6.45) is 0. The third-order valence-corrected chi connectivity index (χ3v) is 8.82. The van der Waals surface area contributed by atoms with Crippen molar-refractivity contribution in [2.75, 3.05) is 3.71 Å². The van der Waals surface area contributed by atoms with Crippen LogP contribution in [0.1, 0.15) is 4.88 Å². The van der Waals surface area contributed by atoms with Crippen LogP contribution < -0.4 is 3.71 Å². The molecule has 0 fully saturated rings. The van der Waals surface area contributed by atoms with E-state index in [2.05, 4.69) is 0 Å². The lowest BCUT2D eigenvalue weighted by Crippen LogP contribution is -2.36. The molecule has 1 heterocycles. The van der Waals surface area contributed by atoms with Crippen molar-refractivity contribution in [1.29, 1.82) is 0 Å². The van der Waals surface area contributed by atoms with Crippen molar-refractivity contribution < 1.29 is 16.8 Å². The molecule has 130 valence electrons. The van der Waals surface area contributed by atoms with Gasteiger partial charge in [-0.25, -0.2) is 0 Å². The van der Waals surface area contributed by atoms with Crippen LogP contribution in [-0.2, 0) is 20.0 Å². The Morgan fingerprint density at radius 2 is 1.12 bits per heavy atom. The highest BCUT2D eigenvalue weighted by Crippen LogP contribution is 2.35. The number of hydrogen-bond acceptors (Lipinski definition) is 5. The van der Waals surface area contributed by atoms with Gasteiger partial charge in [-0.15, -0.1) is 15.0 Å². The predicted octanol–water partition coefficient (Wildman–Crippen LogP) is 3.64. The van der Waals surface area contributed by atoms with Gasteiger partial charge in [0.05, 0.1) is 9.79 Å². The van der Waals surface area contributed by atoms with E-state index >= 15 is 0 Å². The SMILES string of the molecule is Cc1ccc(N(S(=O)(=O)c2ccccc2)S(=O)(=O)c2ccccc2)s1. The fraction of sp³-hybridized carbons (Fsp3) is 0.0588. The van der Waals surface area contributed by atoms with Crippen LogP contribution in [-0.4, -0.2) is 16.8 Å². The van der Waals surface area contributed by atoms with E-state index in [0.29, 0.717) is 3.71 Å². The van der Waals surface area contributed by atoms with Gasteiger partial charge in [0.15, 0.2) is 0 Å². The van der Waals surface area contributed by atoms with Gasteiger partial charge in [0, 0.05) is 4.88 Å². The molecule has 0 bridgehead atoms. The van der Waals surface area contributed by atoms with Crippen LogP contribution >= 0.6 is 11.3 Å². The second kappa shape index (κ2) is 6.62. The molecule has 0 aliphatic rings. The van der Waals surface area contributed by atoms with E-state index in [1.54, 1.807) is 49.4 Å². The first kappa shape index (κ1) is 17.7. The van der Waals surface area contributed by atoms with Crippen molar-refractivity contribution in [1.82, 2.24) is 0 Å². The molecule has 0 amide bonds. The molecular weight excluding hydrogens is 378 g/mol. The molecule has 5 nitrogen and oxygen atoms in total. The van der Waals surface area contributed by atoms with Gasteiger partial charge in [-0.3, -0.25) is 0 Å². The van der Waals surface area contributed by atoms with Crippen molar-refractivity contribution in [3.05, 3.63) is 77.7 Å². The standard InChI is InChI=1S/C17H15NO4S3/c1-14-12-13-17(23-14)18(24(19,20)15-8-4-2-5-9-15)25(21,22)16-10-6-3-7-11-16/h2-13H,1H3. The normalized spacial score (nSPS) is 12.0. The fourth-order valence-corrected chi connectivity index (χ4v) is 7.28. The highest BCUT2D eigenvalue weighted by Gasteiger charge is 2.37. The van der Waals surface area contributed by atoms with E-state index in [1.807, 2.05) is 0 Å². The van der Waals surface area contributed by atoms with Crippen LogP contribution in [0.25, 0.3) is 0 Å². The average molecular weight is 394 g/mol. The minimum atomic E-state index is -4.29. The molecule has 0 saturated heterocycles. The second-order valence-electron chi connectivity index (χ2n) is 5.22. The van der Waals surface area contributed by atoms with Gasteiger partial charge in [0.25, 0.3) is 20.0 Å². The molecule has 0 N–H and O–H groups in total.